The smallest absolute Gasteiger partial charge is 0.270 e. The van der Waals surface area contributed by atoms with Crippen LogP contribution in [0.15, 0.2) is 36.4 Å². The number of aromatic nitrogens is 3. The highest BCUT2D eigenvalue weighted by Crippen LogP contribution is 2.24. The molecule has 0 bridgehead atoms. The molecule has 2 aromatic carbocycles. The fraction of sp³-hybridized carbons (Fsp3) is 0.273. The number of rotatable bonds is 5. The van der Waals surface area contributed by atoms with E-state index < -0.39 is 0 Å². The normalized spacial score (nSPS) is 11.3. The van der Waals surface area contributed by atoms with Crippen molar-refractivity contribution in [1.82, 2.24) is 19.9 Å². The van der Waals surface area contributed by atoms with Crippen LogP contribution in [0.4, 0.5) is 0 Å². The summed E-state index contributed by atoms with van der Waals surface area (Å²) in [5.74, 6) is 1.63. The van der Waals surface area contributed by atoms with Crippen molar-refractivity contribution in [2.75, 3.05) is 20.7 Å². The van der Waals surface area contributed by atoms with Gasteiger partial charge in [-0.25, -0.2) is 4.98 Å². The Morgan fingerprint density at radius 1 is 1.11 bits per heavy atom. The lowest BCUT2D eigenvalue weighted by Crippen LogP contribution is -2.29. The lowest BCUT2D eigenvalue weighted by Gasteiger charge is -2.16. The van der Waals surface area contributed by atoms with E-state index in [2.05, 4.69) is 27.9 Å². The van der Waals surface area contributed by atoms with Crippen LogP contribution in [-0.2, 0) is 6.42 Å². The predicted octanol–water partition coefficient (Wildman–Crippen LogP) is 3.98. The van der Waals surface area contributed by atoms with E-state index >= 15 is 0 Å². The predicted molar refractivity (Wildman–Crippen MR) is 111 cm³/mol. The molecule has 4 aromatic rings. The minimum absolute atomic E-state index is 0.0101. The van der Waals surface area contributed by atoms with Crippen LogP contribution in [0.1, 0.15) is 27.4 Å². The fourth-order valence-corrected chi connectivity index (χ4v) is 3.51. The monoisotopic (exact) mass is 376 g/mol. The summed E-state index contributed by atoms with van der Waals surface area (Å²) in [5, 5.41) is 1.10. The first-order valence-electron chi connectivity index (χ1n) is 9.33. The zero-order valence-electron chi connectivity index (χ0n) is 16.6. The quantitative estimate of drug-likeness (QED) is 0.553. The lowest BCUT2D eigenvalue weighted by atomic mass is 10.1. The number of aromatic amines is 2. The number of benzene rings is 2. The van der Waals surface area contributed by atoms with Crippen molar-refractivity contribution in [3.05, 3.63) is 59.0 Å². The van der Waals surface area contributed by atoms with Crippen LogP contribution in [0.3, 0.4) is 0 Å². The Morgan fingerprint density at radius 2 is 1.93 bits per heavy atom. The van der Waals surface area contributed by atoms with E-state index in [1.807, 2.05) is 44.3 Å². The summed E-state index contributed by atoms with van der Waals surface area (Å²) in [6, 6.07) is 11.9. The molecule has 2 aromatic heterocycles. The summed E-state index contributed by atoms with van der Waals surface area (Å²) >= 11 is 0. The molecule has 0 spiro atoms. The van der Waals surface area contributed by atoms with Crippen molar-refractivity contribution in [3.63, 3.8) is 0 Å². The summed E-state index contributed by atoms with van der Waals surface area (Å²) in [4.78, 5) is 25.9. The van der Waals surface area contributed by atoms with Gasteiger partial charge >= 0.3 is 0 Å². The van der Waals surface area contributed by atoms with Crippen molar-refractivity contribution in [2.24, 2.45) is 0 Å². The summed E-state index contributed by atoms with van der Waals surface area (Å²) < 4.78 is 5.25. The molecule has 0 saturated carbocycles. The lowest BCUT2D eigenvalue weighted by molar-refractivity contribution is 0.0790. The Hall–Kier alpha value is -3.28. The maximum absolute atomic E-state index is 12.9. The van der Waals surface area contributed by atoms with Crippen LogP contribution in [0.5, 0.6) is 5.75 Å². The molecule has 4 rings (SSSR count). The SMILES string of the molecule is COc1ccc2nc(CCN(C)C(=O)c3[nH]c4ccc(C)cc4c3C)[nH]c2c1. The third-order valence-corrected chi connectivity index (χ3v) is 5.20. The Balaban J connectivity index is 1.50. The average Bonchev–Trinajstić information content (AvgIpc) is 3.25. The van der Waals surface area contributed by atoms with Gasteiger partial charge in [-0.1, -0.05) is 11.6 Å². The molecule has 2 N–H and O–H groups in total. The van der Waals surface area contributed by atoms with Crippen LogP contribution in [0.2, 0.25) is 0 Å². The number of carbonyl (C=O) groups excluding carboxylic acids is 1. The molecule has 1 amide bonds. The van der Waals surface area contributed by atoms with Crippen molar-refractivity contribution >= 4 is 27.8 Å². The van der Waals surface area contributed by atoms with E-state index in [0.29, 0.717) is 18.7 Å². The number of hydrogen-bond acceptors (Lipinski definition) is 3. The summed E-state index contributed by atoms with van der Waals surface area (Å²) in [6.07, 6.45) is 0.650. The zero-order valence-corrected chi connectivity index (χ0v) is 16.6. The first-order valence-corrected chi connectivity index (χ1v) is 9.33. The van der Waals surface area contributed by atoms with Gasteiger partial charge in [0.1, 0.15) is 17.3 Å². The van der Waals surface area contributed by atoms with E-state index in [0.717, 1.165) is 39.1 Å². The molecule has 0 unspecified atom stereocenters. The number of hydrogen-bond donors (Lipinski definition) is 2. The summed E-state index contributed by atoms with van der Waals surface area (Å²) in [6.45, 7) is 4.62. The van der Waals surface area contributed by atoms with Crippen LogP contribution in [0.25, 0.3) is 21.9 Å². The van der Waals surface area contributed by atoms with E-state index in [-0.39, 0.29) is 5.91 Å². The molecule has 0 aliphatic rings. The highest BCUT2D eigenvalue weighted by atomic mass is 16.5. The van der Waals surface area contributed by atoms with E-state index in [4.69, 9.17) is 4.74 Å². The number of imidazole rings is 1. The first kappa shape index (κ1) is 18.1. The van der Waals surface area contributed by atoms with Crippen LogP contribution in [0, 0.1) is 13.8 Å². The molecular formula is C22H24N4O2. The molecule has 0 atom stereocenters. The maximum Gasteiger partial charge on any atom is 0.270 e. The Morgan fingerprint density at radius 3 is 2.71 bits per heavy atom. The second-order valence-corrected chi connectivity index (χ2v) is 7.22. The second kappa shape index (κ2) is 7.03. The molecule has 6 nitrogen and oxygen atoms in total. The minimum atomic E-state index is -0.0101. The number of methoxy groups -OCH3 is 1. The molecule has 28 heavy (non-hydrogen) atoms. The highest BCUT2D eigenvalue weighted by molar-refractivity contribution is 6.00. The van der Waals surface area contributed by atoms with Crippen molar-refractivity contribution in [3.8, 4) is 5.75 Å². The number of ether oxygens (including phenoxy) is 1. The molecule has 2 heterocycles. The molecule has 0 fully saturated rings. The van der Waals surface area contributed by atoms with Gasteiger partial charge in [0.05, 0.1) is 18.1 Å². The van der Waals surface area contributed by atoms with Gasteiger partial charge < -0.3 is 19.6 Å². The number of carbonyl (C=O) groups is 1. The van der Waals surface area contributed by atoms with Gasteiger partial charge in [-0.15, -0.1) is 0 Å². The van der Waals surface area contributed by atoms with Crippen molar-refractivity contribution in [2.45, 2.75) is 20.3 Å². The molecule has 6 heteroatoms. The number of H-pyrrole nitrogens is 2. The fourth-order valence-electron chi connectivity index (χ4n) is 3.51. The van der Waals surface area contributed by atoms with Gasteiger partial charge in [0.2, 0.25) is 0 Å². The van der Waals surface area contributed by atoms with Gasteiger partial charge in [-0.3, -0.25) is 4.79 Å². The molecule has 0 saturated heterocycles. The molecular weight excluding hydrogens is 352 g/mol. The summed E-state index contributed by atoms with van der Waals surface area (Å²) in [7, 11) is 3.47. The Bertz CT molecular complexity index is 1170. The number of fused-ring (bicyclic) bond motifs is 2. The Labute approximate surface area is 163 Å². The van der Waals surface area contributed by atoms with Crippen LogP contribution >= 0.6 is 0 Å². The van der Waals surface area contributed by atoms with Gasteiger partial charge in [0.15, 0.2) is 0 Å². The number of likely N-dealkylation sites (N-methyl/N-ethyl adjacent to an activating group) is 1. The van der Waals surface area contributed by atoms with E-state index in [1.54, 1.807) is 12.0 Å². The summed E-state index contributed by atoms with van der Waals surface area (Å²) in [5.41, 5.74) is 5.65. The molecule has 144 valence electrons. The van der Waals surface area contributed by atoms with E-state index in [9.17, 15) is 4.79 Å². The van der Waals surface area contributed by atoms with E-state index in [1.165, 1.54) is 5.56 Å². The number of nitrogens with one attached hydrogen (secondary N) is 2. The van der Waals surface area contributed by atoms with Crippen molar-refractivity contribution < 1.29 is 9.53 Å². The Kier molecular flexibility index (Phi) is 4.55. The average molecular weight is 376 g/mol. The first-order chi connectivity index (χ1) is 13.5. The molecule has 0 aliphatic heterocycles. The third kappa shape index (κ3) is 3.22. The maximum atomic E-state index is 12.9. The van der Waals surface area contributed by atoms with Gasteiger partial charge in [0, 0.05) is 37.0 Å². The highest BCUT2D eigenvalue weighted by Gasteiger charge is 2.18. The minimum Gasteiger partial charge on any atom is -0.497 e. The number of aryl methyl sites for hydroxylation is 2. The topological polar surface area (TPSA) is 74.0 Å². The second-order valence-electron chi connectivity index (χ2n) is 7.22. The number of amides is 1. The third-order valence-electron chi connectivity index (χ3n) is 5.20. The zero-order chi connectivity index (χ0) is 19.8. The van der Waals surface area contributed by atoms with Crippen LogP contribution < -0.4 is 4.74 Å². The molecule has 0 aliphatic carbocycles. The van der Waals surface area contributed by atoms with Gasteiger partial charge in [0.25, 0.3) is 5.91 Å². The molecule has 0 radical (unpaired) electrons. The number of nitrogens with zero attached hydrogens (tertiary/aromatic N) is 2. The van der Waals surface area contributed by atoms with Crippen LogP contribution in [-0.4, -0.2) is 46.5 Å². The standard InChI is InChI=1S/C22H24N4O2/c1-13-5-7-17-16(11-13)14(2)21(25-17)22(27)26(3)10-9-20-23-18-8-6-15(28-4)12-19(18)24-20/h5-8,11-12,25H,9-10H2,1-4H3,(H,23,24). The van der Waals surface area contributed by atoms with Gasteiger partial charge in [-0.2, -0.15) is 0 Å². The van der Waals surface area contributed by atoms with Gasteiger partial charge in [-0.05, 0) is 43.7 Å². The van der Waals surface area contributed by atoms with Crippen molar-refractivity contribution in [1.29, 1.82) is 0 Å². The largest absolute Gasteiger partial charge is 0.497 e.